The first-order valence-electron chi connectivity index (χ1n) is 7.23. The number of ether oxygens (including phenoxy) is 2. The molecule has 2 rings (SSSR count). The molecule has 0 amide bonds. The number of nitrogens with one attached hydrogen (secondary N) is 2. The molecule has 0 spiro atoms. The molecule has 0 aromatic heterocycles. The Labute approximate surface area is 135 Å². The monoisotopic (exact) mass is 320 g/mol. The minimum absolute atomic E-state index is 0.312. The van der Waals surface area contributed by atoms with Gasteiger partial charge in [0.1, 0.15) is 11.7 Å². The van der Waals surface area contributed by atoms with E-state index in [9.17, 15) is 4.79 Å². The lowest BCUT2D eigenvalue weighted by Crippen LogP contribution is -2.51. The number of carbonyl (C=O) groups excluding carboxylic acids is 1. The second-order valence-corrected chi connectivity index (χ2v) is 5.21. The fourth-order valence-corrected chi connectivity index (χ4v) is 2.74. The van der Waals surface area contributed by atoms with Crippen molar-refractivity contribution in [2.75, 3.05) is 13.2 Å². The van der Waals surface area contributed by atoms with E-state index in [0.29, 0.717) is 29.8 Å². The van der Waals surface area contributed by atoms with Crippen LogP contribution in [0.25, 0.3) is 0 Å². The van der Waals surface area contributed by atoms with E-state index in [1.807, 2.05) is 31.2 Å². The normalized spacial score (nSPS) is 20.8. The largest absolute Gasteiger partial charge is 0.494 e. The Morgan fingerprint density at radius 1 is 1.32 bits per heavy atom. The minimum atomic E-state index is -0.576. The van der Waals surface area contributed by atoms with Crippen molar-refractivity contribution >= 4 is 23.3 Å². The zero-order valence-corrected chi connectivity index (χ0v) is 13.5. The molecule has 1 aromatic rings. The van der Waals surface area contributed by atoms with Crippen LogP contribution in [0.1, 0.15) is 25.5 Å². The van der Waals surface area contributed by atoms with Gasteiger partial charge in [0.05, 0.1) is 19.3 Å². The van der Waals surface area contributed by atoms with Crippen molar-refractivity contribution < 1.29 is 14.3 Å². The summed E-state index contributed by atoms with van der Waals surface area (Å²) >= 11 is 5.20. The van der Waals surface area contributed by atoms with Crippen molar-refractivity contribution in [3.05, 3.63) is 42.1 Å². The summed E-state index contributed by atoms with van der Waals surface area (Å²) in [6.45, 7) is 8.46. The summed E-state index contributed by atoms with van der Waals surface area (Å²) in [5, 5.41) is 6.47. The summed E-state index contributed by atoms with van der Waals surface area (Å²) in [5.41, 5.74) is 1.38. The lowest BCUT2D eigenvalue weighted by Gasteiger charge is -2.35. The average Bonchev–Trinajstić information content (AvgIpc) is 2.47. The Morgan fingerprint density at radius 2 is 2.05 bits per heavy atom. The molecule has 1 aromatic carbocycles. The third-order valence-corrected chi connectivity index (χ3v) is 3.58. The van der Waals surface area contributed by atoms with E-state index in [4.69, 9.17) is 21.7 Å². The molecule has 2 atom stereocenters. The molecule has 1 aliphatic rings. The molecule has 118 valence electrons. The topological polar surface area (TPSA) is 59.6 Å². The third kappa shape index (κ3) is 3.39. The van der Waals surface area contributed by atoms with Crippen molar-refractivity contribution in [3.8, 4) is 5.75 Å². The summed E-state index contributed by atoms with van der Waals surface area (Å²) in [7, 11) is 0. The molecule has 6 heteroatoms. The van der Waals surface area contributed by atoms with Crippen molar-refractivity contribution in [1.29, 1.82) is 0 Å². The van der Waals surface area contributed by atoms with Gasteiger partial charge in [0, 0.05) is 11.3 Å². The van der Waals surface area contributed by atoms with Gasteiger partial charge in [0.15, 0.2) is 5.11 Å². The van der Waals surface area contributed by atoms with Gasteiger partial charge in [-0.1, -0.05) is 24.8 Å². The molecule has 0 bridgehead atoms. The van der Waals surface area contributed by atoms with E-state index in [1.165, 1.54) is 0 Å². The van der Waals surface area contributed by atoms with E-state index < -0.39 is 5.92 Å². The van der Waals surface area contributed by atoms with Crippen molar-refractivity contribution in [2.45, 2.75) is 19.9 Å². The Hall–Kier alpha value is -2.08. The zero-order chi connectivity index (χ0) is 16.1. The van der Waals surface area contributed by atoms with Gasteiger partial charge in [-0.25, -0.2) is 0 Å². The highest BCUT2D eigenvalue weighted by Gasteiger charge is 2.38. The molecule has 0 aliphatic carbocycles. The number of hydrogen-bond acceptors (Lipinski definition) is 4. The van der Waals surface area contributed by atoms with Gasteiger partial charge >= 0.3 is 5.97 Å². The van der Waals surface area contributed by atoms with Crippen LogP contribution in [0.4, 0.5) is 0 Å². The molecule has 2 N–H and O–H groups in total. The molecule has 5 nitrogen and oxygen atoms in total. The number of benzene rings is 1. The standard InChI is InChI=1S/C16H20N2O3S/c1-4-20-12-9-7-6-8-11(12)14-13(15(19)21-5-2)10(3)17-16(22)18-14/h6-9,13-14H,3-5H2,1-2H3,(H2,17,18,22). The number of thiocarbonyl (C=S) groups is 1. The molecule has 0 radical (unpaired) electrons. The number of hydrogen-bond donors (Lipinski definition) is 2. The van der Waals surface area contributed by atoms with Crippen LogP contribution in [-0.4, -0.2) is 24.3 Å². The van der Waals surface area contributed by atoms with Gasteiger partial charge in [-0.3, -0.25) is 4.79 Å². The second kappa shape index (κ2) is 7.26. The number of carbonyl (C=O) groups is 1. The van der Waals surface area contributed by atoms with Gasteiger partial charge in [0.25, 0.3) is 0 Å². The molecule has 1 heterocycles. The van der Waals surface area contributed by atoms with Crippen LogP contribution in [0.2, 0.25) is 0 Å². The predicted octanol–water partition coefficient (Wildman–Crippen LogP) is 2.30. The maximum Gasteiger partial charge on any atom is 0.317 e. The van der Waals surface area contributed by atoms with Gasteiger partial charge < -0.3 is 20.1 Å². The molecule has 1 saturated heterocycles. The number of rotatable bonds is 5. The lowest BCUT2D eigenvalue weighted by molar-refractivity contribution is -0.147. The van der Waals surface area contributed by atoms with E-state index in [2.05, 4.69) is 17.2 Å². The van der Waals surface area contributed by atoms with Gasteiger partial charge in [0.2, 0.25) is 0 Å². The number of esters is 1. The van der Waals surface area contributed by atoms with Crippen LogP contribution >= 0.6 is 12.2 Å². The van der Waals surface area contributed by atoms with Crippen LogP contribution in [0.3, 0.4) is 0 Å². The van der Waals surface area contributed by atoms with Crippen LogP contribution < -0.4 is 15.4 Å². The van der Waals surface area contributed by atoms with Crippen molar-refractivity contribution in [3.63, 3.8) is 0 Å². The maximum absolute atomic E-state index is 12.3. The van der Waals surface area contributed by atoms with E-state index in [0.717, 1.165) is 5.56 Å². The Balaban J connectivity index is 2.41. The quantitative estimate of drug-likeness (QED) is 0.641. The first-order valence-corrected chi connectivity index (χ1v) is 7.64. The summed E-state index contributed by atoms with van der Waals surface area (Å²) in [5.74, 6) is -0.200. The maximum atomic E-state index is 12.3. The fourth-order valence-electron chi connectivity index (χ4n) is 2.48. The molecule has 0 saturated carbocycles. The van der Waals surface area contributed by atoms with Gasteiger partial charge in [-0.2, -0.15) is 0 Å². The van der Waals surface area contributed by atoms with Crippen LogP contribution in [0.5, 0.6) is 5.75 Å². The highest BCUT2D eigenvalue weighted by Crippen LogP contribution is 2.35. The molecule has 2 unspecified atom stereocenters. The van der Waals surface area contributed by atoms with Crippen molar-refractivity contribution in [2.24, 2.45) is 5.92 Å². The second-order valence-electron chi connectivity index (χ2n) is 4.80. The van der Waals surface area contributed by atoms with Crippen LogP contribution in [0.15, 0.2) is 36.5 Å². The molecule has 1 fully saturated rings. The van der Waals surface area contributed by atoms with E-state index in [-0.39, 0.29) is 12.0 Å². The molecular formula is C16H20N2O3S. The van der Waals surface area contributed by atoms with Crippen LogP contribution in [0, 0.1) is 5.92 Å². The molecule has 1 aliphatic heterocycles. The van der Waals surface area contributed by atoms with Gasteiger partial charge in [-0.05, 0) is 32.1 Å². The van der Waals surface area contributed by atoms with Crippen molar-refractivity contribution in [1.82, 2.24) is 10.6 Å². The zero-order valence-electron chi connectivity index (χ0n) is 12.7. The fraction of sp³-hybridized carbons (Fsp3) is 0.375. The lowest BCUT2D eigenvalue weighted by atomic mass is 9.88. The smallest absolute Gasteiger partial charge is 0.317 e. The SMILES string of the molecule is C=C1NC(=S)NC(c2ccccc2OCC)C1C(=O)OCC. The number of para-hydroxylation sites is 1. The first kappa shape index (κ1) is 16.3. The van der Waals surface area contributed by atoms with E-state index >= 15 is 0 Å². The summed E-state index contributed by atoms with van der Waals surface area (Å²) in [6, 6.07) is 7.20. The Kier molecular flexibility index (Phi) is 5.38. The highest BCUT2D eigenvalue weighted by molar-refractivity contribution is 7.80. The summed E-state index contributed by atoms with van der Waals surface area (Å²) in [6.07, 6.45) is 0. The summed E-state index contributed by atoms with van der Waals surface area (Å²) < 4.78 is 10.8. The highest BCUT2D eigenvalue weighted by atomic mass is 32.1. The minimum Gasteiger partial charge on any atom is -0.494 e. The predicted molar refractivity (Wildman–Crippen MR) is 88.5 cm³/mol. The third-order valence-electron chi connectivity index (χ3n) is 3.36. The van der Waals surface area contributed by atoms with Crippen LogP contribution in [-0.2, 0) is 9.53 Å². The summed E-state index contributed by atoms with van der Waals surface area (Å²) in [4.78, 5) is 12.3. The molecular weight excluding hydrogens is 300 g/mol. The average molecular weight is 320 g/mol. The van der Waals surface area contributed by atoms with Gasteiger partial charge in [-0.15, -0.1) is 0 Å². The first-order chi connectivity index (χ1) is 10.6. The molecule has 22 heavy (non-hydrogen) atoms. The van der Waals surface area contributed by atoms with E-state index in [1.54, 1.807) is 6.92 Å². The Bertz CT molecular complexity index is 589. The Morgan fingerprint density at radius 3 is 2.73 bits per heavy atom.